The number of benzene rings is 1. The molecule has 192 valence electrons. The summed E-state index contributed by atoms with van der Waals surface area (Å²) in [4.78, 5) is 38.0. The molecular weight excluding hydrogens is 500 g/mol. The number of rotatable bonds is 5. The van der Waals surface area contributed by atoms with Gasteiger partial charge in [-0.1, -0.05) is 24.3 Å². The van der Waals surface area contributed by atoms with E-state index in [0.29, 0.717) is 31.5 Å². The van der Waals surface area contributed by atoms with E-state index in [1.807, 2.05) is 43.6 Å². The molecule has 2 amide bonds. The minimum atomic E-state index is -3.53. The average Bonchev–Trinajstić information content (AvgIpc) is 3.60. The van der Waals surface area contributed by atoms with Crippen molar-refractivity contribution in [1.29, 1.82) is 0 Å². The lowest BCUT2D eigenvalue weighted by Gasteiger charge is -2.31. The van der Waals surface area contributed by atoms with Crippen LogP contribution >= 0.6 is 11.3 Å². The quantitative estimate of drug-likeness (QED) is 0.632. The van der Waals surface area contributed by atoms with Crippen LogP contribution in [0.5, 0.6) is 0 Å². The maximum Gasteiger partial charge on any atom is 0.256 e. The number of hydrogen-bond acceptors (Lipinski definition) is 7. The Kier molecular flexibility index (Phi) is 6.39. The van der Waals surface area contributed by atoms with Crippen molar-refractivity contribution in [3.8, 4) is 10.4 Å². The van der Waals surface area contributed by atoms with Crippen LogP contribution in [-0.4, -0.2) is 82.8 Å². The van der Waals surface area contributed by atoms with E-state index >= 15 is 0 Å². The Morgan fingerprint density at radius 2 is 1.97 bits per heavy atom. The van der Waals surface area contributed by atoms with Gasteiger partial charge in [0.05, 0.1) is 39.9 Å². The van der Waals surface area contributed by atoms with Gasteiger partial charge in [-0.15, -0.1) is 11.3 Å². The van der Waals surface area contributed by atoms with E-state index in [0.717, 1.165) is 28.0 Å². The third-order valence-corrected chi connectivity index (χ3v) is 9.91. The molecule has 1 aromatic carbocycles. The zero-order chi connectivity index (χ0) is 25.8. The second-order valence-corrected chi connectivity index (χ2v) is 13.0. The lowest BCUT2D eigenvalue weighted by molar-refractivity contribution is -0.134. The van der Waals surface area contributed by atoms with Crippen molar-refractivity contribution in [1.82, 2.24) is 14.2 Å². The van der Waals surface area contributed by atoms with E-state index in [1.165, 1.54) is 9.21 Å². The molecule has 2 fully saturated rings. The van der Waals surface area contributed by atoms with Crippen LogP contribution in [0.25, 0.3) is 10.4 Å². The molecule has 0 saturated carbocycles. The highest BCUT2D eigenvalue weighted by Crippen LogP contribution is 2.39. The number of carbonyl (C=O) groups is 2. The summed E-state index contributed by atoms with van der Waals surface area (Å²) in [5, 5.41) is 10.4. The number of aliphatic hydroxyl groups excluding tert-OH is 1. The van der Waals surface area contributed by atoms with Gasteiger partial charge in [0.1, 0.15) is 6.04 Å². The first-order chi connectivity index (χ1) is 17.0. The standard InChI is InChI=1S/C25H30N4O5S2/c1-15-22(35-14-26-15)16-6-8-17(9-7-16)25(2)12-19(27-24(25)32)21-11-18(30)13-28(21)23(31)20-5-4-10-29(20)36(3,33)34/h6-9,14,18,20-21,30H,4-5,10-13H2,1-3H3/t18-,20-,21?,25+/m1/s1. The van der Waals surface area contributed by atoms with Crippen LogP contribution in [0, 0.1) is 6.92 Å². The predicted molar refractivity (Wildman–Crippen MR) is 137 cm³/mol. The Hall–Kier alpha value is -2.47. The second-order valence-electron chi connectivity index (χ2n) is 10.2. The molecule has 0 aliphatic carbocycles. The number of thiazole rings is 1. The fourth-order valence-corrected chi connectivity index (χ4v) is 7.60. The number of sulfonamides is 1. The average molecular weight is 531 g/mol. The van der Waals surface area contributed by atoms with Crippen molar-refractivity contribution < 1.29 is 23.1 Å². The molecule has 4 atom stereocenters. The summed E-state index contributed by atoms with van der Waals surface area (Å²) in [7, 11) is -3.53. The number of carbonyl (C=O) groups excluding carboxylic acids is 2. The van der Waals surface area contributed by atoms with Crippen LogP contribution < -0.4 is 0 Å². The third kappa shape index (κ3) is 4.31. The monoisotopic (exact) mass is 530 g/mol. The molecule has 9 nitrogen and oxygen atoms in total. The van der Waals surface area contributed by atoms with E-state index in [1.54, 1.807) is 11.3 Å². The van der Waals surface area contributed by atoms with Gasteiger partial charge in [-0.25, -0.2) is 18.4 Å². The third-order valence-electron chi connectivity index (χ3n) is 7.64. The van der Waals surface area contributed by atoms with Crippen molar-refractivity contribution in [2.75, 3.05) is 19.3 Å². The normalized spacial score (nSPS) is 29.2. The number of likely N-dealkylation sites (tertiary alicyclic amines) is 1. The Bertz CT molecular complexity index is 1340. The number of aryl methyl sites for hydroxylation is 1. The van der Waals surface area contributed by atoms with Crippen LogP contribution in [0.15, 0.2) is 34.8 Å². The molecule has 5 rings (SSSR count). The molecule has 0 spiro atoms. The maximum absolute atomic E-state index is 13.5. The summed E-state index contributed by atoms with van der Waals surface area (Å²) in [6, 6.07) is 6.56. The zero-order valence-electron chi connectivity index (χ0n) is 20.5. The van der Waals surface area contributed by atoms with Gasteiger partial charge in [-0.05, 0) is 37.8 Å². The molecule has 1 N–H and O–H groups in total. The highest BCUT2D eigenvalue weighted by atomic mass is 32.2. The Morgan fingerprint density at radius 3 is 2.61 bits per heavy atom. The number of aliphatic hydroxyl groups is 1. The Morgan fingerprint density at radius 1 is 1.25 bits per heavy atom. The van der Waals surface area contributed by atoms with Crippen molar-refractivity contribution in [3.63, 3.8) is 0 Å². The van der Waals surface area contributed by atoms with Crippen molar-refractivity contribution >= 4 is 38.9 Å². The topological polar surface area (TPSA) is 120 Å². The van der Waals surface area contributed by atoms with Crippen molar-refractivity contribution in [2.24, 2.45) is 4.99 Å². The minimum absolute atomic E-state index is 0.102. The summed E-state index contributed by atoms with van der Waals surface area (Å²) in [6.07, 6.45) is 2.04. The number of amides is 2. The Labute approximate surface area is 214 Å². The summed E-state index contributed by atoms with van der Waals surface area (Å²) in [5.41, 5.74) is 4.35. The maximum atomic E-state index is 13.5. The number of β-amino-alcohol motifs (C(OH)–C–C–N with tert-alkyl or cyclic N) is 1. The summed E-state index contributed by atoms with van der Waals surface area (Å²) >= 11 is 1.57. The predicted octanol–water partition coefficient (Wildman–Crippen LogP) is 2.13. The molecule has 1 aromatic heterocycles. The van der Waals surface area contributed by atoms with Crippen LogP contribution in [-0.2, 0) is 25.0 Å². The molecule has 11 heteroatoms. The Balaban J connectivity index is 1.37. The van der Waals surface area contributed by atoms with E-state index in [9.17, 15) is 23.1 Å². The minimum Gasteiger partial charge on any atom is -0.391 e. The first-order valence-electron chi connectivity index (χ1n) is 12.1. The first kappa shape index (κ1) is 25.2. The smallest absolute Gasteiger partial charge is 0.256 e. The molecule has 0 bridgehead atoms. The fraction of sp³-hybridized carbons (Fsp3) is 0.520. The van der Waals surface area contributed by atoms with Gasteiger partial charge in [0.15, 0.2) is 0 Å². The van der Waals surface area contributed by atoms with E-state index < -0.39 is 33.6 Å². The molecule has 1 unspecified atom stereocenters. The number of hydrogen-bond donors (Lipinski definition) is 1. The van der Waals surface area contributed by atoms with Gasteiger partial charge in [0, 0.05) is 31.6 Å². The van der Waals surface area contributed by atoms with E-state index in [4.69, 9.17) is 0 Å². The molecule has 3 aliphatic heterocycles. The van der Waals surface area contributed by atoms with Gasteiger partial charge in [-0.2, -0.15) is 4.31 Å². The molecule has 36 heavy (non-hydrogen) atoms. The number of aliphatic imine (C=N–C) groups is 1. The van der Waals surface area contributed by atoms with Crippen LogP contribution in [0.3, 0.4) is 0 Å². The first-order valence-corrected chi connectivity index (χ1v) is 14.8. The van der Waals surface area contributed by atoms with Crippen molar-refractivity contribution in [2.45, 2.75) is 63.1 Å². The molecule has 0 radical (unpaired) electrons. The second kappa shape index (κ2) is 9.13. The molecule has 2 aromatic rings. The van der Waals surface area contributed by atoms with Gasteiger partial charge in [0.25, 0.3) is 5.91 Å². The highest BCUT2D eigenvalue weighted by Gasteiger charge is 2.49. The summed E-state index contributed by atoms with van der Waals surface area (Å²) in [5.74, 6) is -0.598. The van der Waals surface area contributed by atoms with E-state index in [2.05, 4.69) is 9.98 Å². The van der Waals surface area contributed by atoms with Gasteiger partial charge in [-0.3, -0.25) is 9.59 Å². The fourth-order valence-electron chi connectivity index (χ4n) is 5.67. The lowest BCUT2D eigenvalue weighted by Crippen LogP contribution is -2.51. The van der Waals surface area contributed by atoms with E-state index in [-0.39, 0.29) is 24.8 Å². The SMILES string of the molecule is Cc1ncsc1-c1ccc([C@]2(C)CC(C3C[C@@H](O)CN3C(=O)[C@H]3CCCN3S(C)(=O)=O)=NC2=O)cc1. The van der Waals surface area contributed by atoms with Crippen LogP contribution in [0.4, 0.5) is 0 Å². The number of aromatic nitrogens is 1. The van der Waals surface area contributed by atoms with Crippen LogP contribution in [0.2, 0.25) is 0 Å². The molecular formula is C25H30N4O5S2. The van der Waals surface area contributed by atoms with Gasteiger partial charge in [0.2, 0.25) is 15.9 Å². The van der Waals surface area contributed by atoms with Gasteiger partial charge >= 0.3 is 0 Å². The van der Waals surface area contributed by atoms with Crippen LogP contribution in [0.1, 0.15) is 43.9 Å². The zero-order valence-corrected chi connectivity index (χ0v) is 22.2. The number of nitrogens with zero attached hydrogens (tertiary/aromatic N) is 4. The molecule has 3 aliphatic rings. The highest BCUT2D eigenvalue weighted by molar-refractivity contribution is 7.88. The summed E-state index contributed by atoms with van der Waals surface area (Å²) < 4.78 is 25.7. The van der Waals surface area contributed by atoms with Crippen molar-refractivity contribution in [3.05, 3.63) is 41.0 Å². The van der Waals surface area contributed by atoms with Gasteiger partial charge < -0.3 is 10.0 Å². The molecule has 2 saturated heterocycles. The molecule has 4 heterocycles. The lowest BCUT2D eigenvalue weighted by atomic mass is 9.78. The summed E-state index contributed by atoms with van der Waals surface area (Å²) in [6.45, 7) is 4.24. The largest absolute Gasteiger partial charge is 0.391 e.